The molecule has 0 bridgehead atoms. The number of benzene rings is 2. The molecule has 0 aliphatic heterocycles. The molecule has 30 heavy (non-hydrogen) atoms. The van der Waals surface area contributed by atoms with Gasteiger partial charge in [-0.15, -0.1) is 0 Å². The maximum absolute atomic E-state index is 12.1. The van der Waals surface area contributed by atoms with Crippen LogP contribution in [0, 0.1) is 0 Å². The van der Waals surface area contributed by atoms with Crippen molar-refractivity contribution in [2.75, 3.05) is 34.2 Å². The molecule has 2 aromatic rings. The first kappa shape index (κ1) is 23.5. The van der Waals surface area contributed by atoms with Crippen LogP contribution in [0.4, 0.5) is 0 Å². The number of hydrogen-bond acceptors (Lipinski definition) is 2. The second-order valence-electron chi connectivity index (χ2n) is 8.08. The van der Waals surface area contributed by atoms with Crippen molar-refractivity contribution in [3.8, 4) is 0 Å². The van der Waals surface area contributed by atoms with E-state index < -0.39 is 0 Å². The summed E-state index contributed by atoms with van der Waals surface area (Å²) in [5.74, 6) is 1.41. The lowest BCUT2D eigenvalue weighted by molar-refractivity contribution is 0.0827. The molecule has 162 valence electrons. The molecule has 0 aromatic heterocycles. The third-order valence-corrected chi connectivity index (χ3v) is 5.09. The molecule has 0 aliphatic rings. The van der Waals surface area contributed by atoms with Crippen LogP contribution in [0.2, 0.25) is 0 Å². The van der Waals surface area contributed by atoms with Crippen LogP contribution in [-0.2, 0) is 12.8 Å². The van der Waals surface area contributed by atoms with Crippen LogP contribution in [0.15, 0.2) is 53.5 Å². The van der Waals surface area contributed by atoms with Crippen LogP contribution >= 0.6 is 0 Å². The van der Waals surface area contributed by atoms with Crippen LogP contribution < -0.4 is 10.6 Å². The van der Waals surface area contributed by atoms with Crippen molar-refractivity contribution < 1.29 is 4.79 Å². The third-order valence-electron chi connectivity index (χ3n) is 5.09. The van der Waals surface area contributed by atoms with Gasteiger partial charge in [-0.05, 0) is 54.0 Å². The number of nitrogens with one attached hydrogen (secondary N) is 2. The SMILES string of the molecule is CN=C(NCCCc1ccc(C(C)C)cc1)NCCc1cccc(C(=O)N(C)C)c1. The van der Waals surface area contributed by atoms with Crippen LogP contribution in [0.3, 0.4) is 0 Å². The van der Waals surface area contributed by atoms with Gasteiger partial charge in [-0.1, -0.05) is 50.2 Å². The largest absolute Gasteiger partial charge is 0.356 e. The van der Waals surface area contributed by atoms with Gasteiger partial charge >= 0.3 is 0 Å². The Morgan fingerprint density at radius 3 is 2.30 bits per heavy atom. The smallest absolute Gasteiger partial charge is 0.253 e. The molecule has 5 heteroatoms. The molecule has 0 atom stereocenters. The number of aliphatic imine (C=N–C) groups is 1. The third kappa shape index (κ3) is 7.54. The molecule has 0 saturated heterocycles. The maximum atomic E-state index is 12.1. The van der Waals surface area contributed by atoms with Gasteiger partial charge in [-0.3, -0.25) is 9.79 Å². The Morgan fingerprint density at radius 2 is 1.67 bits per heavy atom. The quantitative estimate of drug-likeness (QED) is 0.376. The van der Waals surface area contributed by atoms with Gasteiger partial charge in [0.15, 0.2) is 5.96 Å². The van der Waals surface area contributed by atoms with Gasteiger partial charge in [0.1, 0.15) is 0 Å². The van der Waals surface area contributed by atoms with Crippen molar-refractivity contribution in [1.29, 1.82) is 0 Å². The van der Waals surface area contributed by atoms with Gasteiger partial charge < -0.3 is 15.5 Å². The predicted octanol–water partition coefficient (Wildman–Crippen LogP) is 3.85. The van der Waals surface area contributed by atoms with Crippen molar-refractivity contribution in [2.45, 2.75) is 39.0 Å². The molecule has 0 fully saturated rings. The number of carbonyl (C=O) groups is 1. The van der Waals surface area contributed by atoms with E-state index in [1.54, 1.807) is 26.0 Å². The van der Waals surface area contributed by atoms with E-state index in [0.717, 1.165) is 49.4 Å². The summed E-state index contributed by atoms with van der Waals surface area (Å²) in [5, 5.41) is 6.73. The second kappa shape index (κ2) is 12.0. The Hall–Kier alpha value is -2.82. The Morgan fingerprint density at radius 1 is 0.967 bits per heavy atom. The van der Waals surface area contributed by atoms with Crippen molar-refractivity contribution in [1.82, 2.24) is 15.5 Å². The zero-order valence-electron chi connectivity index (χ0n) is 19.0. The Bertz CT molecular complexity index is 825. The molecule has 5 nitrogen and oxygen atoms in total. The van der Waals surface area contributed by atoms with Gasteiger partial charge in [0.2, 0.25) is 0 Å². The van der Waals surface area contributed by atoms with Gasteiger partial charge in [-0.2, -0.15) is 0 Å². The molecule has 2 aromatic carbocycles. The fourth-order valence-corrected chi connectivity index (χ4v) is 3.23. The van der Waals surface area contributed by atoms with E-state index in [4.69, 9.17) is 0 Å². The van der Waals surface area contributed by atoms with E-state index in [9.17, 15) is 4.79 Å². The van der Waals surface area contributed by atoms with Crippen LogP contribution in [0.5, 0.6) is 0 Å². The molecule has 0 unspecified atom stereocenters. The van der Waals surface area contributed by atoms with Crippen molar-refractivity contribution in [2.24, 2.45) is 4.99 Å². The normalized spacial score (nSPS) is 11.5. The highest BCUT2D eigenvalue weighted by molar-refractivity contribution is 5.94. The molecule has 0 saturated carbocycles. The van der Waals surface area contributed by atoms with E-state index in [1.807, 2.05) is 18.2 Å². The number of nitrogens with zero attached hydrogens (tertiary/aromatic N) is 2. The molecular formula is C25H36N4O. The van der Waals surface area contributed by atoms with E-state index in [0.29, 0.717) is 5.92 Å². The fourth-order valence-electron chi connectivity index (χ4n) is 3.23. The highest BCUT2D eigenvalue weighted by Gasteiger charge is 2.08. The zero-order chi connectivity index (χ0) is 21.9. The summed E-state index contributed by atoms with van der Waals surface area (Å²) in [4.78, 5) is 18.0. The first-order valence-electron chi connectivity index (χ1n) is 10.7. The highest BCUT2D eigenvalue weighted by atomic mass is 16.2. The summed E-state index contributed by atoms with van der Waals surface area (Å²) in [6.45, 7) is 6.07. The Labute approximate surface area is 181 Å². The summed E-state index contributed by atoms with van der Waals surface area (Å²) >= 11 is 0. The van der Waals surface area contributed by atoms with Crippen molar-refractivity contribution >= 4 is 11.9 Å². The number of carbonyl (C=O) groups excluding carboxylic acids is 1. The minimum Gasteiger partial charge on any atom is -0.356 e. The van der Waals surface area contributed by atoms with Gasteiger partial charge in [-0.25, -0.2) is 0 Å². The van der Waals surface area contributed by atoms with Gasteiger partial charge in [0.05, 0.1) is 0 Å². The van der Waals surface area contributed by atoms with Crippen molar-refractivity contribution in [3.63, 3.8) is 0 Å². The molecule has 2 rings (SSSR count). The number of aryl methyl sites for hydroxylation is 1. The summed E-state index contributed by atoms with van der Waals surface area (Å²) in [7, 11) is 5.33. The van der Waals surface area contributed by atoms with E-state index in [2.05, 4.69) is 59.8 Å². The standard InChI is InChI=1S/C25H36N4O/c1-19(2)22-13-11-20(12-14-22)9-7-16-27-25(26-3)28-17-15-21-8-6-10-23(18-21)24(30)29(4)5/h6,8,10-14,18-19H,7,9,15-17H2,1-5H3,(H2,26,27,28). The highest BCUT2D eigenvalue weighted by Crippen LogP contribution is 2.15. The lowest BCUT2D eigenvalue weighted by atomic mass is 10.0. The maximum Gasteiger partial charge on any atom is 0.253 e. The number of amides is 1. The Kier molecular flexibility index (Phi) is 9.39. The number of hydrogen-bond donors (Lipinski definition) is 2. The molecular weight excluding hydrogens is 372 g/mol. The molecule has 0 radical (unpaired) electrons. The lowest BCUT2D eigenvalue weighted by Gasteiger charge is -2.13. The van der Waals surface area contributed by atoms with Crippen LogP contribution in [0.1, 0.15) is 53.2 Å². The van der Waals surface area contributed by atoms with Crippen molar-refractivity contribution in [3.05, 3.63) is 70.8 Å². The molecule has 0 aliphatic carbocycles. The predicted molar refractivity (Wildman–Crippen MR) is 126 cm³/mol. The fraction of sp³-hybridized carbons (Fsp3) is 0.440. The summed E-state index contributed by atoms with van der Waals surface area (Å²) in [6.07, 6.45) is 2.93. The van der Waals surface area contributed by atoms with E-state index in [1.165, 1.54) is 11.1 Å². The monoisotopic (exact) mass is 408 g/mol. The van der Waals surface area contributed by atoms with Gasteiger partial charge in [0.25, 0.3) is 5.91 Å². The molecule has 0 spiro atoms. The number of rotatable bonds is 9. The average molecular weight is 409 g/mol. The van der Waals surface area contributed by atoms with Gasteiger partial charge in [0, 0.05) is 39.8 Å². The lowest BCUT2D eigenvalue weighted by Crippen LogP contribution is -2.38. The van der Waals surface area contributed by atoms with Crippen LogP contribution in [-0.4, -0.2) is 51.0 Å². The zero-order valence-corrected chi connectivity index (χ0v) is 19.0. The summed E-state index contributed by atoms with van der Waals surface area (Å²) in [5.41, 5.74) is 4.62. The molecule has 1 amide bonds. The summed E-state index contributed by atoms with van der Waals surface area (Å²) < 4.78 is 0. The first-order chi connectivity index (χ1) is 14.4. The number of guanidine groups is 1. The average Bonchev–Trinajstić information content (AvgIpc) is 2.75. The topological polar surface area (TPSA) is 56.7 Å². The van der Waals surface area contributed by atoms with Crippen LogP contribution in [0.25, 0.3) is 0 Å². The Balaban J connectivity index is 1.71. The van der Waals surface area contributed by atoms with E-state index in [-0.39, 0.29) is 5.91 Å². The minimum atomic E-state index is 0.0288. The summed E-state index contributed by atoms with van der Waals surface area (Å²) in [6, 6.07) is 16.7. The minimum absolute atomic E-state index is 0.0288. The second-order valence-corrected chi connectivity index (χ2v) is 8.08. The first-order valence-corrected chi connectivity index (χ1v) is 10.7. The molecule has 2 N–H and O–H groups in total. The molecule has 0 heterocycles. The van der Waals surface area contributed by atoms with E-state index >= 15 is 0 Å².